The van der Waals surface area contributed by atoms with Gasteiger partial charge in [-0.15, -0.1) is 6.58 Å². The Labute approximate surface area is 106 Å². The third-order valence-electron chi connectivity index (χ3n) is 3.22. The lowest BCUT2D eigenvalue weighted by atomic mass is 9.95. The van der Waals surface area contributed by atoms with E-state index in [0.29, 0.717) is 0 Å². The molecule has 0 rings (SSSR count). The molecule has 0 fully saturated rings. The number of carbonyl (C=O) groups is 1. The second kappa shape index (κ2) is 11.7. The molecule has 0 heterocycles. The number of allylic oxidation sites excluding steroid dienone is 1. The van der Waals surface area contributed by atoms with Crippen LogP contribution in [0.25, 0.3) is 0 Å². The van der Waals surface area contributed by atoms with Gasteiger partial charge in [0.1, 0.15) is 0 Å². The predicted molar refractivity (Wildman–Crippen MR) is 73.2 cm³/mol. The minimum Gasteiger partial charge on any atom is -0.481 e. The van der Waals surface area contributed by atoms with Gasteiger partial charge >= 0.3 is 5.97 Å². The van der Waals surface area contributed by atoms with E-state index < -0.39 is 5.97 Å². The number of carboxylic acids is 1. The summed E-state index contributed by atoms with van der Waals surface area (Å²) >= 11 is 0. The largest absolute Gasteiger partial charge is 0.481 e. The fourth-order valence-electron chi connectivity index (χ4n) is 2.05. The van der Waals surface area contributed by atoms with E-state index in [1.165, 1.54) is 25.7 Å². The number of carboxylic acid groups (broad SMARTS) is 1. The normalized spacial score (nSPS) is 12.3. The lowest BCUT2D eigenvalue weighted by Crippen LogP contribution is -2.13. The third-order valence-corrected chi connectivity index (χ3v) is 3.22. The molecule has 0 saturated carbocycles. The zero-order chi connectivity index (χ0) is 12.9. The zero-order valence-electron chi connectivity index (χ0n) is 11.3. The summed E-state index contributed by atoms with van der Waals surface area (Å²) in [4.78, 5) is 11.0. The Bertz CT molecular complexity index is 199. The molecule has 0 aliphatic rings. The Morgan fingerprint density at radius 1 is 1.12 bits per heavy atom. The molecule has 0 amide bonds. The summed E-state index contributed by atoms with van der Waals surface area (Å²) in [6, 6.07) is 0. The first-order chi connectivity index (χ1) is 8.22. The summed E-state index contributed by atoms with van der Waals surface area (Å²) in [6.07, 6.45) is 12.8. The molecular weight excluding hydrogens is 212 g/mol. The van der Waals surface area contributed by atoms with Crippen LogP contribution in [0, 0.1) is 5.92 Å². The second-order valence-corrected chi connectivity index (χ2v) is 4.81. The van der Waals surface area contributed by atoms with Crippen molar-refractivity contribution in [1.82, 2.24) is 0 Å². The van der Waals surface area contributed by atoms with Crippen molar-refractivity contribution >= 4 is 5.97 Å². The standard InChI is InChI=1S/C15H28O2/c1-3-5-7-8-9-10-11-13-14(15(16)17)12-6-4-2/h3,14H,1,4-13H2,2H3,(H,16,17). The van der Waals surface area contributed by atoms with Crippen LogP contribution in [-0.2, 0) is 4.79 Å². The Morgan fingerprint density at radius 3 is 2.29 bits per heavy atom. The lowest BCUT2D eigenvalue weighted by molar-refractivity contribution is -0.142. The highest BCUT2D eigenvalue weighted by atomic mass is 16.4. The first kappa shape index (κ1) is 16.2. The summed E-state index contributed by atoms with van der Waals surface area (Å²) in [5.74, 6) is -0.715. The third kappa shape index (κ3) is 10.1. The van der Waals surface area contributed by atoms with Gasteiger partial charge in [-0.3, -0.25) is 4.79 Å². The van der Waals surface area contributed by atoms with E-state index in [1.807, 2.05) is 6.08 Å². The van der Waals surface area contributed by atoms with E-state index in [1.54, 1.807) is 0 Å². The fraction of sp³-hybridized carbons (Fsp3) is 0.800. The van der Waals surface area contributed by atoms with Gasteiger partial charge in [-0.05, 0) is 25.7 Å². The Morgan fingerprint density at radius 2 is 1.71 bits per heavy atom. The molecule has 0 aromatic rings. The van der Waals surface area contributed by atoms with Gasteiger partial charge in [0, 0.05) is 0 Å². The van der Waals surface area contributed by atoms with Gasteiger partial charge in [-0.2, -0.15) is 0 Å². The quantitative estimate of drug-likeness (QED) is 0.393. The highest BCUT2D eigenvalue weighted by Gasteiger charge is 2.15. The van der Waals surface area contributed by atoms with Crippen molar-refractivity contribution in [3.8, 4) is 0 Å². The molecule has 0 radical (unpaired) electrons. The van der Waals surface area contributed by atoms with Crippen molar-refractivity contribution in [2.45, 2.75) is 71.1 Å². The van der Waals surface area contributed by atoms with Crippen LogP contribution in [0.5, 0.6) is 0 Å². The molecule has 2 nitrogen and oxygen atoms in total. The van der Waals surface area contributed by atoms with Crippen molar-refractivity contribution in [3.63, 3.8) is 0 Å². The molecule has 0 aromatic heterocycles. The molecule has 100 valence electrons. The topological polar surface area (TPSA) is 37.3 Å². The van der Waals surface area contributed by atoms with Crippen molar-refractivity contribution < 1.29 is 9.90 Å². The molecule has 0 spiro atoms. The Hall–Kier alpha value is -0.790. The molecule has 1 N–H and O–H groups in total. The molecule has 0 aliphatic carbocycles. The summed E-state index contributed by atoms with van der Waals surface area (Å²) in [5.41, 5.74) is 0. The molecule has 0 aromatic carbocycles. The van der Waals surface area contributed by atoms with Gasteiger partial charge < -0.3 is 5.11 Å². The maximum atomic E-state index is 11.0. The molecular formula is C15H28O2. The number of rotatable bonds is 12. The van der Waals surface area contributed by atoms with Crippen LogP contribution >= 0.6 is 0 Å². The Kier molecular flexibility index (Phi) is 11.1. The van der Waals surface area contributed by atoms with E-state index in [2.05, 4.69) is 13.5 Å². The molecule has 2 heteroatoms. The van der Waals surface area contributed by atoms with Crippen molar-refractivity contribution in [2.75, 3.05) is 0 Å². The molecule has 1 atom stereocenters. The average molecular weight is 240 g/mol. The van der Waals surface area contributed by atoms with Gasteiger partial charge in [-0.1, -0.05) is 51.5 Å². The van der Waals surface area contributed by atoms with Crippen LogP contribution in [0.3, 0.4) is 0 Å². The van der Waals surface area contributed by atoms with E-state index in [0.717, 1.165) is 38.5 Å². The SMILES string of the molecule is C=CCCCCCCCC(CCCC)C(=O)O. The lowest BCUT2D eigenvalue weighted by Gasteiger charge is -2.11. The van der Waals surface area contributed by atoms with Crippen LogP contribution in [0.15, 0.2) is 12.7 Å². The average Bonchev–Trinajstić information content (AvgIpc) is 2.31. The predicted octanol–water partition coefficient (Wildman–Crippen LogP) is 4.79. The minimum absolute atomic E-state index is 0.108. The van der Waals surface area contributed by atoms with Gasteiger partial charge in [0.15, 0.2) is 0 Å². The van der Waals surface area contributed by atoms with Crippen molar-refractivity contribution in [2.24, 2.45) is 5.92 Å². The molecule has 0 aliphatic heterocycles. The van der Waals surface area contributed by atoms with Crippen LogP contribution in [0.1, 0.15) is 71.1 Å². The Balaban J connectivity index is 3.47. The van der Waals surface area contributed by atoms with Crippen LogP contribution in [-0.4, -0.2) is 11.1 Å². The zero-order valence-corrected chi connectivity index (χ0v) is 11.3. The minimum atomic E-state index is -0.606. The maximum absolute atomic E-state index is 11.0. The van der Waals surface area contributed by atoms with Gasteiger partial charge in [0.2, 0.25) is 0 Å². The molecule has 17 heavy (non-hydrogen) atoms. The number of hydrogen-bond donors (Lipinski definition) is 1. The van der Waals surface area contributed by atoms with Crippen molar-refractivity contribution in [3.05, 3.63) is 12.7 Å². The fourth-order valence-corrected chi connectivity index (χ4v) is 2.05. The molecule has 1 unspecified atom stereocenters. The molecule has 0 saturated heterocycles. The van der Waals surface area contributed by atoms with Crippen LogP contribution < -0.4 is 0 Å². The van der Waals surface area contributed by atoms with E-state index in [9.17, 15) is 4.79 Å². The van der Waals surface area contributed by atoms with E-state index in [4.69, 9.17) is 5.11 Å². The number of hydrogen-bond acceptors (Lipinski definition) is 1. The molecule has 0 bridgehead atoms. The van der Waals surface area contributed by atoms with E-state index >= 15 is 0 Å². The summed E-state index contributed by atoms with van der Waals surface area (Å²) in [5, 5.41) is 9.06. The van der Waals surface area contributed by atoms with Gasteiger partial charge in [0.05, 0.1) is 5.92 Å². The first-order valence-corrected chi connectivity index (χ1v) is 7.06. The van der Waals surface area contributed by atoms with Gasteiger partial charge in [-0.25, -0.2) is 0 Å². The van der Waals surface area contributed by atoms with Crippen LogP contribution in [0.4, 0.5) is 0 Å². The number of aliphatic carboxylic acids is 1. The van der Waals surface area contributed by atoms with Gasteiger partial charge in [0.25, 0.3) is 0 Å². The monoisotopic (exact) mass is 240 g/mol. The first-order valence-electron chi connectivity index (χ1n) is 7.06. The smallest absolute Gasteiger partial charge is 0.306 e. The summed E-state index contributed by atoms with van der Waals surface area (Å²) in [7, 11) is 0. The van der Waals surface area contributed by atoms with Crippen LogP contribution in [0.2, 0.25) is 0 Å². The highest BCUT2D eigenvalue weighted by molar-refractivity contribution is 5.69. The second-order valence-electron chi connectivity index (χ2n) is 4.81. The van der Waals surface area contributed by atoms with Crippen molar-refractivity contribution in [1.29, 1.82) is 0 Å². The summed E-state index contributed by atoms with van der Waals surface area (Å²) < 4.78 is 0. The highest BCUT2D eigenvalue weighted by Crippen LogP contribution is 2.18. The number of unbranched alkanes of at least 4 members (excludes halogenated alkanes) is 6. The summed E-state index contributed by atoms with van der Waals surface area (Å²) in [6.45, 7) is 5.81. The van der Waals surface area contributed by atoms with E-state index in [-0.39, 0.29) is 5.92 Å². The maximum Gasteiger partial charge on any atom is 0.306 e.